The molecule has 0 bridgehead atoms. The van der Waals surface area contributed by atoms with Gasteiger partial charge in [0.1, 0.15) is 0 Å². The van der Waals surface area contributed by atoms with Crippen molar-refractivity contribution in [2.45, 2.75) is 82.1 Å². The summed E-state index contributed by atoms with van der Waals surface area (Å²) in [6.45, 7) is 10.1. The van der Waals surface area contributed by atoms with E-state index in [2.05, 4.69) is 27.7 Å². The minimum Gasteiger partial charge on any atom is -0.171 e. The highest BCUT2D eigenvalue weighted by atomic mass is 32.1. The van der Waals surface area contributed by atoms with Gasteiger partial charge in [-0.15, -0.1) is 0 Å². The average Bonchev–Trinajstić information content (AvgIpc) is 2.55. The van der Waals surface area contributed by atoms with Crippen LogP contribution < -0.4 is 0 Å². The molecule has 0 aromatic heterocycles. The van der Waals surface area contributed by atoms with Gasteiger partial charge in [0.15, 0.2) is 0 Å². The monoisotopic (exact) mass is 350 g/mol. The van der Waals surface area contributed by atoms with Crippen molar-refractivity contribution >= 4 is 25.3 Å². The third-order valence-corrected chi connectivity index (χ3v) is 11.9. The summed E-state index contributed by atoms with van der Waals surface area (Å²) in [5.74, 6) is 5.65. The lowest BCUT2D eigenvalue weighted by Crippen LogP contribution is -2.60. The normalized spacial score (nSPS) is 65.5. The van der Waals surface area contributed by atoms with Crippen molar-refractivity contribution in [1.82, 2.24) is 0 Å². The van der Waals surface area contributed by atoms with Crippen molar-refractivity contribution in [2.75, 3.05) is 0 Å². The number of hydrogen-bond donors (Lipinski definition) is 2. The fourth-order valence-electron chi connectivity index (χ4n) is 8.92. The summed E-state index contributed by atoms with van der Waals surface area (Å²) in [4.78, 5) is 0. The Morgan fingerprint density at radius 3 is 2.26 bits per heavy atom. The van der Waals surface area contributed by atoms with E-state index in [0.717, 1.165) is 35.5 Å². The number of rotatable bonds is 0. The lowest BCUT2D eigenvalue weighted by molar-refractivity contribution is -0.0464. The van der Waals surface area contributed by atoms with Gasteiger partial charge in [-0.2, -0.15) is 25.3 Å². The first-order chi connectivity index (χ1) is 10.6. The Bertz CT molecular complexity index is 552. The van der Waals surface area contributed by atoms with Crippen LogP contribution in [0.1, 0.15) is 72.6 Å². The molecule has 0 heterocycles. The quantitative estimate of drug-likeness (QED) is 0.501. The van der Waals surface area contributed by atoms with Gasteiger partial charge >= 0.3 is 0 Å². The maximum atomic E-state index is 5.47. The minimum atomic E-state index is 0.101. The van der Waals surface area contributed by atoms with Gasteiger partial charge in [0.25, 0.3) is 0 Å². The van der Waals surface area contributed by atoms with Gasteiger partial charge in [-0.05, 0) is 98.2 Å². The van der Waals surface area contributed by atoms with Crippen LogP contribution in [0.25, 0.3) is 0 Å². The predicted molar refractivity (Wildman–Crippen MR) is 104 cm³/mol. The van der Waals surface area contributed by atoms with Crippen molar-refractivity contribution in [3.05, 3.63) is 0 Å². The first-order valence-electron chi connectivity index (χ1n) is 10.1. The van der Waals surface area contributed by atoms with E-state index in [0.29, 0.717) is 10.8 Å². The van der Waals surface area contributed by atoms with Crippen LogP contribution in [0, 0.1) is 46.3 Å². The van der Waals surface area contributed by atoms with Gasteiger partial charge in [-0.3, -0.25) is 0 Å². The summed E-state index contributed by atoms with van der Waals surface area (Å²) < 4.78 is 0.287. The maximum absolute atomic E-state index is 5.47. The van der Waals surface area contributed by atoms with Crippen LogP contribution in [0.2, 0.25) is 0 Å². The lowest BCUT2D eigenvalue weighted by Gasteiger charge is -2.61. The topological polar surface area (TPSA) is 0 Å². The molecule has 130 valence electrons. The van der Waals surface area contributed by atoms with Crippen LogP contribution in [0.5, 0.6) is 0 Å². The van der Waals surface area contributed by atoms with Crippen LogP contribution in [0.4, 0.5) is 0 Å². The fraction of sp³-hybridized carbons (Fsp3) is 1.00. The van der Waals surface area contributed by atoms with Gasteiger partial charge in [0, 0.05) is 9.49 Å². The van der Waals surface area contributed by atoms with Crippen LogP contribution in [0.3, 0.4) is 0 Å². The molecule has 0 N–H and O–H groups in total. The zero-order valence-electron chi connectivity index (χ0n) is 15.3. The standard InChI is InChI=1S/C21H34S2/c1-12-9-14-11-20-7-8-21(20,23)19(4,22)17-16(20)13(10-15(12)14)5-6-18(17,2)3/h12-17,22-23H,5-11H2,1-4H3. The Kier molecular flexibility index (Phi) is 2.99. The fourth-order valence-corrected chi connectivity index (χ4v) is 10.4. The van der Waals surface area contributed by atoms with Crippen LogP contribution >= 0.6 is 25.3 Å². The zero-order valence-corrected chi connectivity index (χ0v) is 17.1. The van der Waals surface area contributed by atoms with E-state index < -0.39 is 0 Å². The molecule has 5 aliphatic carbocycles. The van der Waals surface area contributed by atoms with Gasteiger partial charge in [-0.25, -0.2) is 0 Å². The van der Waals surface area contributed by atoms with Crippen LogP contribution in [-0.4, -0.2) is 9.49 Å². The third kappa shape index (κ3) is 1.57. The van der Waals surface area contributed by atoms with Crippen molar-refractivity contribution in [3.63, 3.8) is 0 Å². The lowest BCUT2D eigenvalue weighted by atomic mass is 9.49. The summed E-state index contributed by atoms with van der Waals surface area (Å²) in [5.41, 5.74) is 0.950. The Morgan fingerprint density at radius 1 is 0.913 bits per heavy atom. The van der Waals surface area contributed by atoms with Crippen LogP contribution in [-0.2, 0) is 0 Å². The second-order valence-corrected chi connectivity index (χ2v) is 12.7. The maximum Gasteiger partial charge on any atom is 0.0333 e. The highest BCUT2D eigenvalue weighted by Crippen LogP contribution is 2.82. The summed E-state index contributed by atoms with van der Waals surface area (Å²) in [6.07, 6.45) is 10.1. The highest BCUT2D eigenvalue weighted by molar-refractivity contribution is 7.86. The molecule has 5 fully saturated rings. The van der Waals surface area contributed by atoms with E-state index >= 15 is 0 Å². The molecule has 1 spiro atoms. The molecule has 0 saturated heterocycles. The first-order valence-corrected chi connectivity index (χ1v) is 11.0. The molecule has 0 radical (unpaired) electrons. The Labute approximate surface area is 153 Å². The number of hydrogen-bond acceptors (Lipinski definition) is 2. The SMILES string of the molecule is CC1CC2CC34CCC3(S)C(C)(S)C3C4C(CCC3(C)C)CC12. The summed E-state index contributed by atoms with van der Waals surface area (Å²) >= 11 is 10.9. The molecule has 5 aliphatic rings. The van der Waals surface area contributed by atoms with Gasteiger partial charge in [-0.1, -0.05) is 20.8 Å². The van der Waals surface area contributed by atoms with Gasteiger partial charge < -0.3 is 0 Å². The molecule has 0 aromatic carbocycles. The Hall–Kier alpha value is 0.700. The van der Waals surface area contributed by atoms with E-state index in [1.807, 2.05) is 0 Å². The van der Waals surface area contributed by atoms with E-state index in [9.17, 15) is 0 Å². The summed E-state index contributed by atoms with van der Waals surface area (Å²) in [5, 5.41) is 0. The molecular formula is C21H34S2. The van der Waals surface area contributed by atoms with E-state index in [1.165, 1.54) is 44.9 Å². The zero-order chi connectivity index (χ0) is 16.4. The number of fused-ring (bicyclic) bond motifs is 1. The van der Waals surface area contributed by atoms with Crippen LogP contribution in [0.15, 0.2) is 0 Å². The molecule has 2 heteroatoms. The third-order valence-electron chi connectivity index (χ3n) is 9.92. The Balaban J connectivity index is 1.67. The van der Waals surface area contributed by atoms with E-state index in [1.54, 1.807) is 0 Å². The molecule has 9 unspecified atom stereocenters. The van der Waals surface area contributed by atoms with Gasteiger partial charge in [0.05, 0.1) is 0 Å². The smallest absolute Gasteiger partial charge is 0.0333 e. The summed E-state index contributed by atoms with van der Waals surface area (Å²) in [6, 6.07) is 0. The largest absolute Gasteiger partial charge is 0.171 e. The summed E-state index contributed by atoms with van der Waals surface area (Å²) in [7, 11) is 0. The van der Waals surface area contributed by atoms with Gasteiger partial charge in [0.2, 0.25) is 0 Å². The first kappa shape index (κ1) is 15.9. The van der Waals surface area contributed by atoms with Crippen molar-refractivity contribution in [2.24, 2.45) is 46.3 Å². The molecule has 0 aromatic rings. The number of thiol groups is 2. The average molecular weight is 351 g/mol. The highest BCUT2D eigenvalue weighted by Gasteiger charge is 2.80. The second-order valence-electron chi connectivity index (χ2n) is 11.0. The molecule has 0 aliphatic heterocycles. The Morgan fingerprint density at radius 2 is 1.65 bits per heavy atom. The van der Waals surface area contributed by atoms with Crippen molar-refractivity contribution in [3.8, 4) is 0 Å². The molecular weight excluding hydrogens is 316 g/mol. The van der Waals surface area contributed by atoms with Crippen molar-refractivity contribution in [1.29, 1.82) is 0 Å². The molecule has 5 rings (SSSR count). The molecule has 9 atom stereocenters. The molecule has 0 nitrogen and oxygen atoms in total. The molecule has 23 heavy (non-hydrogen) atoms. The second kappa shape index (κ2) is 4.33. The predicted octanol–water partition coefficient (Wildman–Crippen LogP) is 5.87. The van der Waals surface area contributed by atoms with Crippen molar-refractivity contribution < 1.29 is 0 Å². The van der Waals surface area contributed by atoms with E-state index in [4.69, 9.17) is 25.3 Å². The molecule has 0 amide bonds. The molecule has 5 saturated carbocycles. The van der Waals surface area contributed by atoms with E-state index in [-0.39, 0.29) is 9.49 Å². The minimum absolute atomic E-state index is 0.101.